The molecule has 118 valence electrons. The first-order valence-corrected chi connectivity index (χ1v) is 8.28. The fraction of sp³-hybridized carbons (Fsp3) is 0. The topological polar surface area (TPSA) is 30.7 Å². The third kappa shape index (κ3) is 2.21. The van der Waals surface area contributed by atoms with Gasteiger partial charge in [0.1, 0.15) is 11.3 Å². The first-order chi connectivity index (χ1) is 12.4. The highest BCUT2D eigenvalue weighted by Gasteiger charge is 2.15. The molecule has 0 amide bonds. The summed E-state index contributed by atoms with van der Waals surface area (Å²) in [6, 6.07) is 27.1. The summed E-state index contributed by atoms with van der Waals surface area (Å²) < 4.78 is 2.21. The summed E-state index contributed by atoms with van der Waals surface area (Å²) in [4.78, 5) is 9.15. The van der Waals surface area contributed by atoms with Crippen LogP contribution >= 0.6 is 0 Å². The number of nitrogens with zero attached hydrogens (tertiary/aromatic N) is 3. The van der Waals surface area contributed by atoms with Crippen molar-refractivity contribution >= 4 is 21.8 Å². The van der Waals surface area contributed by atoms with Gasteiger partial charge >= 0.3 is 0 Å². The molecule has 0 aliphatic rings. The summed E-state index contributed by atoms with van der Waals surface area (Å²) in [7, 11) is 0. The fourth-order valence-electron chi connectivity index (χ4n) is 3.37. The first kappa shape index (κ1) is 13.9. The number of imidazole rings is 1. The van der Waals surface area contributed by atoms with Crippen LogP contribution in [0.25, 0.3) is 38.9 Å². The van der Waals surface area contributed by atoms with Gasteiger partial charge in [-0.3, -0.25) is 9.55 Å². The van der Waals surface area contributed by atoms with E-state index in [1.54, 1.807) is 0 Å². The lowest BCUT2D eigenvalue weighted by Crippen LogP contribution is -1.97. The fourth-order valence-corrected chi connectivity index (χ4v) is 3.37. The molecule has 0 unspecified atom stereocenters. The van der Waals surface area contributed by atoms with Crippen LogP contribution in [0.15, 0.2) is 91.3 Å². The van der Waals surface area contributed by atoms with Crippen LogP contribution < -0.4 is 0 Å². The molecule has 3 aromatic carbocycles. The Hall–Kier alpha value is -3.46. The molecule has 0 saturated heterocycles. The van der Waals surface area contributed by atoms with Gasteiger partial charge < -0.3 is 0 Å². The molecule has 0 saturated carbocycles. The quantitative estimate of drug-likeness (QED) is 0.445. The Balaban J connectivity index is 1.91. The molecule has 0 bridgehead atoms. The van der Waals surface area contributed by atoms with E-state index in [0.717, 1.165) is 28.1 Å². The van der Waals surface area contributed by atoms with E-state index in [4.69, 9.17) is 4.98 Å². The summed E-state index contributed by atoms with van der Waals surface area (Å²) in [6.07, 6.45) is 3.64. The lowest BCUT2D eigenvalue weighted by molar-refractivity contribution is 1.10. The predicted molar refractivity (Wildman–Crippen MR) is 102 cm³/mol. The van der Waals surface area contributed by atoms with E-state index in [-0.39, 0.29) is 0 Å². The van der Waals surface area contributed by atoms with Gasteiger partial charge in [-0.2, -0.15) is 0 Å². The average molecular weight is 321 g/mol. The van der Waals surface area contributed by atoms with E-state index in [0.29, 0.717) is 0 Å². The highest BCUT2D eigenvalue weighted by Crippen LogP contribution is 2.32. The van der Waals surface area contributed by atoms with Gasteiger partial charge in [0.15, 0.2) is 0 Å². The van der Waals surface area contributed by atoms with E-state index < -0.39 is 0 Å². The standard InChI is InChI=1S/C22H15N3/c1-2-9-17(10-3-1)25-21-13-14-23-15-20(21)24-22(25)19-12-6-8-16-7-4-5-11-18(16)19/h1-15H. The SMILES string of the molecule is c1ccc(-n2c(-c3cccc4ccccc34)nc3cnccc32)cc1. The molecule has 5 rings (SSSR count). The molecule has 5 aromatic rings. The number of rotatable bonds is 2. The molecule has 0 spiro atoms. The van der Waals surface area contributed by atoms with E-state index in [1.807, 2.05) is 24.5 Å². The van der Waals surface area contributed by atoms with Gasteiger partial charge in [-0.05, 0) is 29.0 Å². The van der Waals surface area contributed by atoms with Gasteiger partial charge in [0, 0.05) is 17.4 Å². The van der Waals surface area contributed by atoms with Crippen LogP contribution in [0, 0.1) is 0 Å². The van der Waals surface area contributed by atoms with Crippen molar-refractivity contribution in [2.45, 2.75) is 0 Å². The van der Waals surface area contributed by atoms with Crippen molar-refractivity contribution < 1.29 is 0 Å². The molecule has 2 aromatic heterocycles. The highest BCUT2D eigenvalue weighted by molar-refractivity contribution is 5.97. The molecule has 0 atom stereocenters. The Morgan fingerprint density at radius 1 is 0.720 bits per heavy atom. The molecule has 0 aliphatic carbocycles. The molecule has 0 N–H and O–H groups in total. The lowest BCUT2D eigenvalue weighted by Gasteiger charge is -2.11. The summed E-state index contributed by atoms with van der Waals surface area (Å²) in [5.74, 6) is 0.936. The van der Waals surface area contributed by atoms with E-state index in [9.17, 15) is 0 Å². The molecule has 2 heterocycles. The second kappa shape index (κ2) is 5.56. The minimum Gasteiger partial charge on any atom is -0.292 e. The molecule has 25 heavy (non-hydrogen) atoms. The third-order valence-corrected chi connectivity index (χ3v) is 4.50. The number of hydrogen-bond donors (Lipinski definition) is 0. The smallest absolute Gasteiger partial charge is 0.146 e. The average Bonchev–Trinajstić information content (AvgIpc) is 3.07. The van der Waals surface area contributed by atoms with E-state index >= 15 is 0 Å². The van der Waals surface area contributed by atoms with Gasteiger partial charge in [0.05, 0.1) is 11.7 Å². The van der Waals surface area contributed by atoms with Gasteiger partial charge in [-0.25, -0.2) is 4.98 Å². The van der Waals surface area contributed by atoms with Crippen LogP contribution in [0.3, 0.4) is 0 Å². The molecule has 3 nitrogen and oxygen atoms in total. The Morgan fingerprint density at radius 2 is 1.52 bits per heavy atom. The van der Waals surface area contributed by atoms with E-state index in [1.165, 1.54) is 10.8 Å². The molecule has 0 fully saturated rings. The Kier molecular flexibility index (Phi) is 3.10. The van der Waals surface area contributed by atoms with Gasteiger partial charge in [0.25, 0.3) is 0 Å². The summed E-state index contributed by atoms with van der Waals surface area (Å²) >= 11 is 0. The van der Waals surface area contributed by atoms with Crippen LogP contribution in [0.5, 0.6) is 0 Å². The molecular weight excluding hydrogens is 306 g/mol. The van der Waals surface area contributed by atoms with Crippen molar-refractivity contribution in [3.05, 3.63) is 91.3 Å². The second-order valence-electron chi connectivity index (χ2n) is 6.00. The van der Waals surface area contributed by atoms with Crippen molar-refractivity contribution in [1.29, 1.82) is 0 Å². The monoisotopic (exact) mass is 321 g/mol. The zero-order valence-corrected chi connectivity index (χ0v) is 13.5. The zero-order chi connectivity index (χ0) is 16.6. The van der Waals surface area contributed by atoms with Gasteiger partial charge in [-0.1, -0.05) is 60.7 Å². The zero-order valence-electron chi connectivity index (χ0n) is 13.5. The van der Waals surface area contributed by atoms with Crippen molar-refractivity contribution in [3.63, 3.8) is 0 Å². The van der Waals surface area contributed by atoms with Crippen LogP contribution in [0.4, 0.5) is 0 Å². The predicted octanol–water partition coefficient (Wildman–Crippen LogP) is 5.24. The normalized spacial score (nSPS) is 11.2. The van der Waals surface area contributed by atoms with Crippen molar-refractivity contribution in [2.75, 3.05) is 0 Å². The third-order valence-electron chi connectivity index (χ3n) is 4.50. The van der Waals surface area contributed by atoms with Gasteiger partial charge in [0.2, 0.25) is 0 Å². The number of fused-ring (bicyclic) bond motifs is 2. The number of pyridine rings is 1. The van der Waals surface area contributed by atoms with Crippen molar-refractivity contribution in [3.8, 4) is 17.1 Å². The lowest BCUT2D eigenvalue weighted by atomic mass is 10.0. The van der Waals surface area contributed by atoms with Crippen molar-refractivity contribution in [2.24, 2.45) is 0 Å². The summed E-state index contributed by atoms with van der Waals surface area (Å²) in [6.45, 7) is 0. The Labute approximate surface area is 145 Å². The largest absolute Gasteiger partial charge is 0.292 e. The number of benzene rings is 3. The van der Waals surface area contributed by atoms with Crippen LogP contribution in [-0.2, 0) is 0 Å². The Morgan fingerprint density at radius 3 is 2.44 bits per heavy atom. The molecule has 0 aliphatic heterocycles. The molecule has 0 radical (unpaired) electrons. The summed E-state index contributed by atoms with van der Waals surface area (Å²) in [5.41, 5.74) is 4.18. The maximum Gasteiger partial charge on any atom is 0.146 e. The first-order valence-electron chi connectivity index (χ1n) is 8.28. The van der Waals surface area contributed by atoms with Crippen molar-refractivity contribution in [1.82, 2.24) is 14.5 Å². The van der Waals surface area contributed by atoms with Crippen LogP contribution in [0.1, 0.15) is 0 Å². The minimum atomic E-state index is 0.897. The number of hydrogen-bond acceptors (Lipinski definition) is 2. The maximum atomic E-state index is 4.91. The minimum absolute atomic E-state index is 0.897. The van der Waals surface area contributed by atoms with E-state index in [2.05, 4.69) is 76.3 Å². The number of aromatic nitrogens is 3. The van der Waals surface area contributed by atoms with Gasteiger partial charge in [-0.15, -0.1) is 0 Å². The Bertz CT molecular complexity index is 1180. The van der Waals surface area contributed by atoms with Crippen LogP contribution in [0.2, 0.25) is 0 Å². The second-order valence-corrected chi connectivity index (χ2v) is 6.00. The van der Waals surface area contributed by atoms with Crippen LogP contribution in [-0.4, -0.2) is 14.5 Å². The molecular formula is C22H15N3. The number of para-hydroxylation sites is 1. The molecule has 3 heteroatoms. The summed E-state index contributed by atoms with van der Waals surface area (Å²) in [5, 5.41) is 2.41. The highest BCUT2D eigenvalue weighted by atomic mass is 15.1. The maximum absolute atomic E-state index is 4.91.